The molecule has 0 saturated heterocycles. The number of rotatable bonds is 3. The van der Waals surface area contributed by atoms with Crippen LogP contribution in [-0.2, 0) is 11.2 Å². The summed E-state index contributed by atoms with van der Waals surface area (Å²) in [5, 5.41) is 2.62. The van der Waals surface area contributed by atoms with Gasteiger partial charge in [0, 0.05) is 6.42 Å². The minimum atomic E-state index is 0.0996. The highest BCUT2D eigenvalue weighted by Crippen LogP contribution is 2.27. The maximum Gasteiger partial charge on any atom is 0.207 e. The van der Waals surface area contributed by atoms with E-state index in [0.717, 1.165) is 12.2 Å². The van der Waals surface area contributed by atoms with Crippen LogP contribution in [-0.4, -0.2) is 19.1 Å². The molecule has 3 nitrogen and oxygen atoms in total. The van der Waals surface area contributed by atoms with Gasteiger partial charge in [0.25, 0.3) is 0 Å². The third-order valence-electron chi connectivity index (χ3n) is 2.14. The van der Waals surface area contributed by atoms with Crippen molar-refractivity contribution in [3.8, 4) is 5.75 Å². The molecule has 1 aromatic carbocycles. The van der Waals surface area contributed by atoms with Crippen LogP contribution in [0.4, 0.5) is 0 Å². The molecule has 68 valence electrons. The Kier molecular flexibility index (Phi) is 2.17. The van der Waals surface area contributed by atoms with Crippen molar-refractivity contribution in [2.45, 2.75) is 12.5 Å². The number of ether oxygens (including phenoxy) is 1. The quantitative estimate of drug-likeness (QED) is 0.691. The van der Waals surface area contributed by atoms with Gasteiger partial charge in [-0.2, -0.15) is 0 Å². The van der Waals surface area contributed by atoms with E-state index in [0.29, 0.717) is 13.0 Å². The molecule has 1 amide bonds. The van der Waals surface area contributed by atoms with Gasteiger partial charge in [-0.25, -0.2) is 0 Å². The number of carbonyl (C=O) groups is 1. The lowest BCUT2D eigenvalue weighted by molar-refractivity contribution is -0.109. The fourth-order valence-corrected chi connectivity index (χ4v) is 1.55. The van der Waals surface area contributed by atoms with Crippen molar-refractivity contribution in [3.63, 3.8) is 0 Å². The molecule has 13 heavy (non-hydrogen) atoms. The zero-order valence-electron chi connectivity index (χ0n) is 7.19. The minimum absolute atomic E-state index is 0.0996. The lowest BCUT2D eigenvalue weighted by atomic mass is 10.1. The third-order valence-corrected chi connectivity index (χ3v) is 2.14. The Balaban J connectivity index is 2.01. The van der Waals surface area contributed by atoms with E-state index >= 15 is 0 Å². The van der Waals surface area contributed by atoms with Crippen LogP contribution in [0.5, 0.6) is 5.75 Å². The molecule has 0 aromatic heterocycles. The second kappa shape index (κ2) is 3.47. The number of hydrogen-bond acceptors (Lipinski definition) is 2. The zero-order valence-corrected chi connectivity index (χ0v) is 7.19. The van der Waals surface area contributed by atoms with Crippen molar-refractivity contribution in [1.29, 1.82) is 0 Å². The molecule has 1 atom stereocenters. The van der Waals surface area contributed by atoms with E-state index in [4.69, 9.17) is 4.74 Å². The van der Waals surface area contributed by atoms with Crippen molar-refractivity contribution in [1.82, 2.24) is 5.32 Å². The second-order valence-corrected chi connectivity index (χ2v) is 3.08. The van der Waals surface area contributed by atoms with Crippen molar-refractivity contribution in [2.24, 2.45) is 0 Å². The highest BCUT2D eigenvalue weighted by molar-refractivity contribution is 5.46. The molecular formula is C10H11NO2. The van der Waals surface area contributed by atoms with Crippen LogP contribution in [0.15, 0.2) is 24.3 Å². The first-order valence-electron chi connectivity index (χ1n) is 4.32. The number of fused-ring (bicyclic) bond motifs is 1. The van der Waals surface area contributed by atoms with Crippen LogP contribution in [0.1, 0.15) is 5.56 Å². The SMILES string of the molecule is O=CNCC1Cc2ccccc2O1. The molecule has 1 unspecified atom stereocenters. The molecule has 1 aromatic rings. The fourth-order valence-electron chi connectivity index (χ4n) is 1.55. The summed E-state index contributed by atoms with van der Waals surface area (Å²) in [4.78, 5) is 10.1. The zero-order chi connectivity index (χ0) is 9.10. The van der Waals surface area contributed by atoms with Gasteiger partial charge >= 0.3 is 0 Å². The second-order valence-electron chi connectivity index (χ2n) is 3.08. The lowest BCUT2D eigenvalue weighted by Crippen LogP contribution is -2.28. The highest BCUT2D eigenvalue weighted by Gasteiger charge is 2.21. The molecular weight excluding hydrogens is 166 g/mol. The largest absolute Gasteiger partial charge is 0.488 e. The highest BCUT2D eigenvalue weighted by atomic mass is 16.5. The summed E-state index contributed by atoms with van der Waals surface area (Å²) in [6, 6.07) is 7.96. The summed E-state index contributed by atoms with van der Waals surface area (Å²) in [5.74, 6) is 0.945. The van der Waals surface area contributed by atoms with Crippen LogP contribution in [0.3, 0.4) is 0 Å². The van der Waals surface area contributed by atoms with Gasteiger partial charge in [0.2, 0.25) is 6.41 Å². The molecule has 0 spiro atoms. The standard InChI is InChI=1S/C10H11NO2/c12-7-11-6-9-5-8-3-1-2-4-10(8)13-9/h1-4,7,9H,5-6H2,(H,11,12). The summed E-state index contributed by atoms with van der Waals surface area (Å²) in [5.41, 5.74) is 1.22. The van der Waals surface area contributed by atoms with Crippen molar-refractivity contribution < 1.29 is 9.53 Å². The molecule has 0 bridgehead atoms. The number of amides is 1. The van der Waals surface area contributed by atoms with E-state index in [2.05, 4.69) is 11.4 Å². The summed E-state index contributed by atoms with van der Waals surface area (Å²) >= 11 is 0. The minimum Gasteiger partial charge on any atom is -0.488 e. The summed E-state index contributed by atoms with van der Waals surface area (Å²) in [7, 11) is 0. The predicted molar refractivity (Wildman–Crippen MR) is 48.6 cm³/mol. The van der Waals surface area contributed by atoms with Crippen LogP contribution in [0, 0.1) is 0 Å². The van der Waals surface area contributed by atoms with E-state index < -0.39 is 0 Å². The Hall–Kier alpha value is -1.51. The van der Waals surface area contributed by atoms with Gasteiger partial charge in [-0.15, -0.1) is 0 Å². The Morgan fingerprint density at radius 2 is 2.38 bits per heavy atom. The van der Waals surface area contributed by atoms with Crippen LogP contribution in [0.25, 0.3) is 0 Å². The van der Waals surface area contributed by atoms with E-state index in [1.807, 2.05) is 18.2 Å². The smallest absolute Gasteiger partial charge is 0.207 e. The molecule has 0 fully saturated rings. The Morgan fingerprint density at radius 1 is 1.54 bits per heavy atom. The normalized spacial score (nSPS) is 18.9. The van der Waals surface area contributed by atoms with Gasteiger partial charge in [-0.1, -0.05) is 18.2 Å². The van der Waals surface area contributed by atoms with Crippen LogP contribution >= 0.6 is 0 Å². The first kappa shape index (κ1) is 8.10. The molecule has 3 heteroatoms. The Bertz CT molecular complexity index is 287. The maximum absolute atomic E-state index is 10.1. The molecule has 0 aliphatic carbocycles. The number of carbonyl (C=O) groups excluding carboxylic acids is 1. The van der Waals surface area contributed by atoms with Crippen LogP contribution < -0.4 is 10.1 Å². The first-order chi connectivity index (χ1) is 6.40. The molecule has 1 heterocycles. The molecule has 0 saturated carbocycles. The van der Waals surface area contributed by atoms with Gasteiger partial charge in [0.1, 0.15) is 11.9 Å². The van der Waals surface area contributed by atoms with Crippen LogP contribution in [0.2, 0.25) is 0 Å². The first-order valence-corrected chi connectivity index (χ1v) is 4.32. The molecule has 2 rings (SSSR count). The van der Waals surface area contributed by atoms with Gasteiger partial charge in [0.15, 0.2) is 0 Å². The number of hydrogen-bond donors (Lipinski definition) is 1. The third kappa shape index (κ3) is 1.64. The average Bonchev–Trinajstić information content (AvgIpc) is 2.57. The predicted octanol–water partition coefficient (Wildman–Crippen LogP) is 0.736. The lowest BCUT2D eigenvalue weighted by Gasteiger charge is -2.08. The van der Waals surface area contributed by atoms with Gasteiger partial charge < -0.3 is 10.1 Å². The van der Waals surface area contributed by atoms with E-state index in [9.17, 15) is 4.79 Å². The Labute approximate surface area is 76.7 Å². The summed E-state index contributed by atoms with van der Waals surface area (Å²) in [6.45, 7) is 0.582. The summed E-state index contributed by atoms with van der Waals surface area (Å²) in [6.07, 6.45) is 1.69. The summed E-state index contributed by atoms with van der Waals surface area (Å²) < 4.78 is 5.59. The average molecular weight is 177 g/mol. The number of benzene rings is 1. The monoisotopic (exact) mass is 177 g/mol. The topological polar surface area (TPSA) is 38.3 Å². The molecule has 0 radical (unpaired) electrons. The number of nitrogens with one attached hydrogen (secondary N) is 1. The maximum atomic E-state index is 10.1. The van der Waals surface area contributed by atoms with Crippen molar-refractivity contribution >= 4 is 6.41 Å². The van der Waals surface area contributed by atoms with Gasteiger partial charge in [-0.3, -0.25) is 4.79 Å². The molecule has 1 aliphatic heterocycles. The van der Waals surface area contributed by atoms with E-state index in [1.54, 1.807) is 0 Å². The van der Waals surface area contributed by atoms with Gasteiger partial charge in [0.05, 0.1) is 6.54 Å². The fraction of sp³-hybridized carbons (Fsp3) is 0.300. The van der Waals surface area contributed by atoms with E-state index in [-0.39, 0.29) is 6.10 Å². The van der Waals surface area contributed by atoms with Crippen molar-refractivity contribution in [2.75, 3.05) is 6.54 Å². The number of para-hydroxylation sites is 1. The van der Waals surface area contributed by atoms with Gasteiger partial charge in [-0.05, 0) is 11.6 Å². The molecule has 1 aliphatic rings. The Morgan fingerprint density at radius 3 is 3.15 bits per heavy atom. The molecule has 1 N–H and O–H groups in total. The van der Waals surface area contributed by atoms with Crippen molar-refractivity contribution in [3.05, 3.63) is 29.8 Å². The van der Waals surface area contributed by atoms with E-state index in [1.165, 1.54) is 5.56 Å².